The van der Waals surface area contributed by atoms with Crippen molar-refractivity contribution in [2.24, 2.45) is 7.05 Å². The summed E-state index contributed by atoms with van der Waals surface area (Å²) in [6, 6.07) is 4.79. The van der Waals surface area contributed by atoms with Gasteiger partial charge in [-0.15, -0.1) is 0 Å². The summed E-state index contributed by atoms with van der Waals surface area (Å²) in [4.78, 5) is 18.0. The summed E-state index contributed by atoms with van der Waals surface area (Å²) in [7, 11) is 1.87. The van der Waals surface area contributed by atoms with Gasteiger partial charge in [-0.1, -0.05) is 18.5 Å². The zero-order chi connectivity index (χ0) is 30.6. The van der Waals surface area contributed by atoms with Crippen molar-refractivity contribution in [2.45, 2.75) is 71.9 Å². The van der Waals surface area contributed by atoms with Crippen LogP contribution in [-0.2, 0) is 21.3 Å². The van der Waals surface area contributed by atoms with Gasteiger partial charge in [0.2, 0.25) is 0 Å². The van der Waals surface area contributed by atoms with Gasteiger partial charge < -0.3 is 18.9 Å². The number of aryl methyl sites for hydroxylation is 1. The molecule has 0 aliphatic carbocycles. The molecule has 1 aliphatic heterocycles. The Morgan fingerprint density at radius 2 is 2.02 bits per heavy atom. The minimum atomic E-state index is -0.723. The second-order valence-electron chi connectivity index (χ2n) is 12.1. The summed E-state index contributed by atoms with van der Waals surface area (Å²) >= 11 is 6.61. The van der Waals surface area contributed by atoms with E-state index >= 15 is 0 Å². The molecule has 224 valence electrons. The normalized spacial score (nSPS) is 17.5. The van der Waals surface area contributed by atoms with E-state index in [-0.39, 0.29) is 17.7 Å². The predicted octanol–water partition coefficient (Wildman–Crippen LogP) is 7.00. The van der Waals surface area contributed by atoms with Crippen molar-refractivity contribution in [2.75, 3.05) is 13.2 Å². The van der Waals surface area contributed by atoms with Gasteiger partial charge >= 0.3 is 6.09 Å². The second-order valence-corrected chi connectivity index (χ2v) is 12.4. The predicted molar refractivity (Wildman–Crippen MR) is 158 cm³/mol. The summed E-state index contributed by atoms with van der Waals surface area (Å²) in [6.07, 6.45) is 4.29. The van der Waals surface area contributed by atoms with Gasteiger partial charge in [-0.25, -0.2) is 18.7 Å². The molecule has 1 aliphatic rings. The van der Waals surface area contributed by atoms with Gasteiger partial charge in [-0.3, -0.25) is 4.68 Å². The van der Waals surface area contributed by atoms with Crippen LogP contribution in [0.4, 0.5) is 9.18 Å². The van der Waals surface area contributed by atoms with Crippen LogP contribution in [0, 0.1) is 12.7 Å². The van der Waals surface area contributed by atoms with E-state index < -0.39 is 29.2 Å². The zero-order valence-corrected chi connectivity index (χ0v) is 25.9. The molecule has 4 aromatic rings. The molecule has 0 saturated carbocycles. The Hall–Kier alpha value is -3.47. The zero-order valence-electron chi connectivity index (χ0n) is 25.1. The van der Waals surface area contributed by atoms with Crippen LogP contribution in [0.2, 0.25) is 5.02 Å². The number of ether oxygens (including phenoxy) is 4. The first-order chi connectivity index (χ1) is 19.6. The third-order valence-corrected chi connectivity index (χ3v) is 7.68. The largest absolute Gasteiger partial charge is 0.490 e. The van der Waals surface area contributed by atoms with Crippen molar-refractivity contribution < 1.29 is 28.1 Å². The quantitative estimate of drug-likeness (QED) is 0.236. The molecule has 1 saturated heterocycles. The van der Waals surface area contributed by atoms with Crippen LogP contribution in [0.1, 0.15) is 64.3 Å². The lowest BCUT2D eigenvalue weighted by Crippen LogP contribution is -2.27. The van der Waals surface area contributed by atoms with E-state index in [1.165, 1.54) is 10.6 Å². The molecule has 5 rings (SSSR count). The van der Waals surface area contributed by atoms with Crippen molar-refractivity contribution >= 4 is 28.7 Å². The highest BCUT2D eigenvalue weighted by Crippen LogP contribution is 2.42. The van der Waals surface area contributed by atoms with E-state index in [1.807, 2.05) is 40.8 Å². The summed E-state index contributed by atoms with van der Waals surface area (Å²) < 4.78 is 41.4. The minimum Gasteiger partial charge on any atom is -0.490 e. The third kappa shape index (κ3) is 5.88. The number of aromatic nitrogens is 4. The minimum absolute atomic E-state index is 0.0608. The lowest BCUT2D eigenvalue weighted by Gasteiger charge is -2.21. The molecule has 4 heterocycles. The molecule has 1 fully saturated rings. The highest BCUT2D eigenvalue weighted by molar-refractivity contribution is 6.31. The fourth-order valence-electron chi connectivity index (χ4n) is 5.12. The van der Waals surface area contributed by atoms with E-state index in [2.05, 4.69) is 10.1 Å². The molecule has 0 N–H and O–H groups in total. The maximum absolute atomic E-state index is 14.9. The number of nitrogens with zero attached hydrogens (tertiary/aromatic N) is 4. The van der Waals surface area contributed by atoms with Crippen molar-refractivity contribution in [3.8, 4) is 16.9 Å². The van der Waals surface area contributed by atoms with Crippen LogP contribution in [0.25, 0.3) is 22.2 Å². The molecule has 0 spiro atoms. The van der Waals surface area contributed by atoms with Crippen LogP contribution in [0.15, 0.2) is 36.8 Å². The van der Waals surface area contributed by atoms with Crippen molar-refractivity contribution in [3.63, 3.8) is 0 Å². The number of pyridine rings is 1. The monoisotopic (exact) mass is 598 g/mol. The number of rotatable bonds is 6. The topological polar surface area (TPSA) is 89.6 Å². The standard InChI is InChI=1S/C31H36ClFN4O5/c1-17(26-25(10-9-24(33)27(26)32)39-15-20-16-40-31(6,7)41-20)23-14-37(29(38)42-30(3,4)5)28-21(23)11-19(12-34-28)22-13-35-36(8)18(22)2/h9-14,17,20H,15-16H2,1-8H3/t17-,20+/m0/s1. The van der Waals surface area contributed by atoms with Gasteiger partial charge in [0.05, 0.1) is 17.8 Å². The number of benzene rings is 1. The maximum Gasteiger partial charge on any atom is 0.420 e. The lowest BCUT2D eigenvalue weighted by molar-refractivity contribution is -0.141. The van der Waals surface area contributed by atoms with Gasteiger partial charge in [0.25, 0.3) is 0 Å². The van der Waals surface area contributed by atoms with Crippen molar-refractivity contribution in [1.82, 2.24) is 19.3 Å². The van der Waals surface area contributed by atoms with Crippen LogP contribution >= 0.6 is 11.6 Å². The molecule has 1 aromatic carbocycles. The van der Waals surface area contributed by atoms with Gasteiger partial charge in [-0.2, -0.15) is 5.10 Å². The molecule has 42 heavy (non-hydrogen) atoms. The first-order valence-electron chi connectivity index (χ1n) is 13.8. The van der Waals surface area contributed by atoms with E-state index in [9.17, 15) is 9.18 Å². The number of hydrogen-bond acceptors (Lipinski definition) is 7. The third-order valence-electron chi connectivity index (χ3n) is 7.29. The highest BCUT2D eigenvalue weighted by Gasteiger charge is 2.34. The van der Waals surface area contributed by atoms with Gasteiger partial charge in [0.15, 0.2) is 5.79 Å². The molecule has 0 amide bonds. The Labute approximate surface area is 249 Å². The Balaban J connectivity index is 1.61. The Morgan fingerprint density at radius 3 is 2.64 bits per heavy atom. The molecule has 0 bridgehead atoms. The van der Waals surface area contributed by atoms with Crippen LogP contribution in [0.5, 0.6) is 5.75 Å². The van der Waals surface area contributed by atoms with Crippen LogP contribution in [0.3, 0.4) is 0 Å². The fraction of sp³-hybridized carbons (Fsp3) is 0.452. The molecule has 11 heteroatoms. The molecule has 2 atom stereocenters. The van der Waals surface area contributed by atoms with Gasteiger partial charge in [0.1, 0.15) is 35.5 Å². The number of fused-ring (bicyclic) bond motifs is 1. The fourth-order valence-corrected chi connectivity index (χ4v) is 5.44. The summed E-state index contributed by atoms with van der Waals surface area (Å²) in [5.41, 5.74) is 3.52. The maximum atomic E-state index is 14.9. The smallest absolute Gasteiger partial charge is 0.420 e. The molecule has 0 unspecified atom stereocenters. The van der Waals surface area contributed by atoms with Crippen molar-refractivity contribution in [3.05, 3.63) is 64.5 Å². The van der Waals surface area contributed by atoms with Crippen LogP contribution in [-0.4, -0.2) is 56.1 Å². The summed E-state index contributed by atoms with van der Waals surface area (Å²) in [6.45, 7) is 13.5. The molecular weight excluding hydrogens is 563 g/mol. The molecule has 3 aromatic heterocycles. The average Bonchev–Trinajstić information content (AvgIpc) is 3.57. The van der Waals surface area contributed by atoms with Gasteiger partial charge in [0, 0.05) is 53.1 Å². The van der Waals surface area contributed by atoms with E-state index in [0.717, 1.165) is 16.8 Å². The van der Waals surface area contributed by atoms with Crippen LogP contribution < -0.4 is 4.74 Å². The summed E-state index contributed by atoms with van der Waals surface area (Å²) in [5, 5.41) is 4.99. The average molecular weight is 599 g/mol. The first kappa shape index (κ1) is 30.0. The van der Waals surface area contributed by atoms with E-state index in [1.54, 1.807) is 50.1 Å². The first-order valence-corrected chi connectivity index (χ1v) is 14.2. The number of halogens is 2. The molecular formula is C31H36ClFN4O5. The Morgan fingerprint density at radius 1 is 1.29 bits per heavy atom. The number of carbonyl (C=O) groups is 1. The van der Waals surface area contributed by atoms with E-state index in [4.69, 9.17) is 30.5 Å². The second kappa shape index (κ2) is 11.0. The Kier molecular flexibility index (Phi) is 7.85. The van der Waals surface area contributed by atoms with Gasteiger partial charge in [-0.05, 0) is 65.3 Å². The highest BCUT2D eigenvalue weighted by atomic mass is 35.5. The Bertz CT molecular complexity index is 1660. The molecule has 0 radical (unpaired) electrons. The molecule has 9 nitrogen and oxygen atoms in total. The SMILES string of the molecule is Cc1c(-c2cnc3c(c2)c([C@H](C)c2c(OC[C@@H]4COC(C)(C)O4)ccc(F)c2Cl)cn3C(=O)OC(C)(C)C)cnn1C. The van der Waals surface area contributed by atoms with Crippen molar-refractivity contribution in [1.29, 1.82) is 0 Å². The summed E-state index contributed by atoms with van der Waals surface area (Å²) in [5.74, 6) is -1.37. The number of hydrogen-bond donors (Lipinski definition) is 0. The lowest BCUT2D eigenvalue weighted by atomic mass is 9.91. The van der Waals surface area contributed by atoms with E-state index in [0.29, 0.717) is 34.5 Å². The number of carbonyl (C=O) groups excluding carboxylic acids is 1.